The largest absolute Gasteiger partial charge is 0.480 e. The van der Waals surface area contributed by atoms with Crippen molar-refractivity contribution in [3.8, 4) is 11.4 Å². The van der Waals surface area contributed by atoms with Crippen LogP contribution in [0.25, 0.3) is 11.4 Å². The molecule has 0 unspecified atom stereocenters. The molecule has 6 heteroatoms. The highest BCUT2D eigenvalue weighted by Gasteiger charge is 2.22. The average Bonchev–Trinajstić information content (AvgIpc) is 2.85. The van der Waals surface area contributed by atoms with E-state index in [9.17, 15) is 9.59 Å². The van der Waals surface area contributed by atoms with Crippen LogP contribution in [0.1, 0.15) is 17.3 Å². The zero-order valence-corrected chi connectivity index (χ0v) is 12.0. The Bertz CT molecular complexity index is 677. The second kappa shape index (κ2) is 6.21. The lowest BCUT2D eigenvalue weighted by molar-refractivity contribution is -0.659. The number of aromatic nitrogens is 2. The van der Waals surface area contributed by atoms with Crippen molar-refractivity contribution in [2.24, 2.45) is 7.05 Å². The van der Waals surface area contributed by atoms with Gasteiger partial charge in [-0.15, -0.1) is 0 Å². The smallest absolute Gasteiger partial charge is 0.322 e. The number of aryl methyl sites for hydroxylation is 2. The molecule has 0 aliphatic rings. The first-order valence-corrected chi connectivity index (χ1v) is 6.68. The molecule has 0 aliphatic heterocycles. The van der Waals surface area contributed by atoms with Crippen LogP contribution in [0.2, 0.25) is 0 Å². The van der Waals surface area contributed by atoms with Crippen LogP contribution in [0.4, 0.5) is 0 Å². The molecule has 0 saturated carbocycles. The molecule has 0 atom stereocenters. The lowest BCUT2D eigenvalue weighted by Gasteiger charge is -2.08. The molecule has 0 radical (unpaired) electrons. The minimum Gasteiger partial charge on any atom is -0.480 e. The molecule has 0 saturated heterocycles. The number of hydrogen-bond donors (Lipinski definition) is 2. The summed E-state index contributed by atoms with van der Waals surface area (Å²) in [6, 6.07) is 7.17. The van der Waals surface area contributed by atoms with Crippen molar-refractivity contribution < 1.29 is 19.3 Å². The van der Waals surface area contributed by atoms with Gasteiger partial charge in [0.2, 0.25) is 0 Å². The highest BCUT2D eigenvalue weighted by molar-refractivity contribution is 6.00. The summed E-state index contributed by atoms with van der Waals surface area (Å²) in [4.78, 5) is 22.8. The Kier molecular flexibility index (Phi) is 4.37. The SMILES string of the molecule is CCn1cc[n+](C)c1-c1ccccc1C(=O)NCC(=O)O. The maximum absolute atomic E-state index is 12.2. The molecule has 6 nitrogen and oxygen atoms in total. The van der Waals surface area contributed by atoms with Crippen LogP contribution in [0.5, 0.6) is 0 Å². The van der Waals surface area contributed by atoms with Gasteiger partial charge in [0.15, 0.2) is 0 Å². The number of carbonyl (C=O) groups is 2. The molecule has 2 aromatic rings. The van der Waals surface area contributed by atoms with Crippen molar-refractivity contribution in [2.75, 3.05) is 6.54 Å². The first-order chi connectivity index (χ1) is 10.0. The molecule has 0 bridgehead atoms. The van der Waals surface area contributed by atoms with Crippen LogP contribution in [-0.2, 0) is 18.4 Å². The van der Waals surface area contributed by atoms with Crippen molar-refractivity contribution in [3.63, 3.8) is 0 Å². The highest BCUT2D eigenvalue weighted by Crippen LogP contribution is 2.21. The molecule has 21 heavy (non-hydrogen) atoms. The Morgan fingerprint density at radius 3 is 2.71 bits per heavy atom. The fraction of sp³-hybridized carbons (Fsp3) is 0.267. The van der Waals surface area contributed by atoms with Gasteiger partial charge in [0, 0.05) is 0 Å². The predicted molar refractivity (Wildman–Crippen MR) is 76.7 cm³/mol. The van der Waals surface area contributed by atoms with Crippen LogP contribution in [-0.4, -0.2) is 28.1 Å². The van der Waals surface area contributed by atoms with Gasteiger partial charge in [-0.25, -0.2) is 9.13 Å². The molecule has 1 heterocycles. The Balaban J connectivity index is 2.43. The third-order valence-electron chi connectivity index (χ3n) is 3.23. The number of carbonyl (C=O) groups excluding carboxylic acids is 1. The molecule has 2 N–H and O–H groups in total. The summed E-state index contributed by atoms with van der Waals surface area (Å²) >= 11 is 0. The number of aliphatic carboxylic acids is 1. The van der Waals surface area contributed by atoms with Crippen LogP contribution in [0, 0.1) is 0 Å². The number of rotatable bonds is 5. The molecule has 0 spiro atoms. The molecule has 1 amide bonds. The van der Waals surface area contributed by atoms with E-state index in [-0.39, 0.29) is 0 Å². The zero-order chi connectivity index (χ0) is 15.4. The van der Waals surface area contributed by atoms with Crippen molar-refractivity contribution >= 4 is 11.9 Å². The number of carboxylic acids is 1. The monoisotopic (exact) mass is 288 g/mol. The fourth-order valence-corrected chi connectivity index (χ4v) is 2.25. The minimum absolute atomic E-state index is 0.392. The van der Waals surface area contributed by atoms with E-state index in [4.69, 9.17) is 5.11 Å². The number of nitrogens with one attached hydrogen (secondary N) is 1. The quantitative estimate of drug-likeness (QED) is 0.800. The van der Waals surface area contributed by atoms with E-state index in [0.29, 0.717) is 5.56 Å². The second-order valence-electron chi connectivity index (χ2n) is 4.64. The van der Waals surface area contributed by atoms with Gasteiger partial charge in [0.1, 0.15) is 18.9 Å². The lowest BCUT2D eigenvalue weighted by atomic mass is 10.1. The molecular formula is C15H18N3O3+. The molecule has 2 rings (SSSR count). The van der Waals surface area contributed by atoms with E-state index in [2.05, 4.69) is 5.32 Å². The third-order valence-corrected chi connectivity index (χ3v) is 3.23. The van der Waals surface area contributed by atoms with E-state index in [1.807, 2.05) is 47.6 Å². The topological polar surface area (TPSA) is 75.2 Å². The highest BCUT2D eigenvalue weighted by atomic mass is 16.4. The van der Waals surface area contributed by atoms with E-state index < -0.39 is 18.4 Å². The van der Waals surface area contributed by atoms with Crippen LogP contribution in [0.3, 0.4) is 0 Å². The van der Waals surface area contributed by atoms with E-state index in [0.717, 1.165) is 17.9 Å². The maximum Gasteiger partial charge on any atom is 0.322 e. The Hall–Kier alpha value is -2.63. The zero-order valence-electron chi connectivity index (χ0n) is 12.0. The molecule has 110 valence electrons. The fourth-order valence-electron chi connectivity index (χ4n) is 2.25. The van der Waals surface area contributed by atoms with Crippen molar-refractivity contribution in [3.05, 3.63) is 42.2 Å². The van der Waals surface area contributed by atoms with Gasteiger partial charge in [-0.1, -0.05) is 12.1 Å². The van der Waals surface area contributed by atoms with Gasteiger partial charge in [0.05, 0.1) is 24.7 Å². The summed E-state index contributed by atoms with van der Waals surface area (Å²) in [7, 11) is 1.91. The predicted octanol–water partition coefficient (Wildman–Crippen LogP) is 0.814. The molecule has 1 aromatic carbocycles. The van der Waals surface area contributed by atoms with Gasteiger partial charge >= 0.3 is 5.97 Å². The summed E-state index contributed by atoms with van der Waals surface area (Å²) in [5.74, 6) is -0.557. The number of hydrogen-bond acceptors (Lipinski definition) is 2. The summed E-state index contributed by atoms with van der Waals surface area (Å²) < 4.78 is 3.97. The Morgan fingerprint density at radius 2 is 2.05 bits per heavy atom. The van der Waals surface area contributed by atoms with Crippen LogP contribution >= 0.6 is 0 Å². The molecule has 0 aliphatic carbocycles. The van der Waals surface area contributed by atoms with E-state index in [1.54, 1.807) is 12.1 Å². The van der Waals surface area contributed by atoms with Crippen LogP contribution in [0.15, 0.2) is 36.7 Å². The van der Waals surface area contributed by atoms with Crippen molar-refractivity contribution in [1.29, 1.82) is 0 Å². The number of carboxylic acid groups (broad SMARTS) is 1. The summed E-state index contributed by atoms with van der Waals surface area (Å²) in [5.41, 5.74) is 1.23. The van der Waals surface area contributed by atoms with Gasteiger partial charge < -0.3 is 10.4 Å². The van der Waals surface area contributed by atoms with E-state index >= 15 is 0 Å². The Morgan fingerprint density at radius 1 is 1.33 bits per heavy atom. The van der Waals surface area contributed by atoms with Crippen molar-refractivity contribution in [1.82, 2.24) is 9.88 Å². The van der Waals surface area contributed by atoms with Crippen LogP contribution < -0.4 is 9.88 Å². The molecule has 0 fully saturated rings. The van der Waals surface area contributed by atoms with Gasteiger partial charge in [0.25, 0.3) is 11.7 Å². The number of nitrogens with zero attached hydrogens (tertiary/aromatic N) is 2. The normalized spacial score (nSPS) is 10.4. The first kappa shape index (κ1) is 14.8. The lowest BCUT2D eigenvalue weighted by Crippen LogP contribution is -2.32. The van der Waals surface area contributed by atoms with Crippen molar-refractivity contribution in [2.45, 2.75) is 13.5 Å². The molecular weight excluding hydrogens is 270 g/mol. The standard InChI is InChI=1S/C15H17N3O3/c1-3-18-9-8-17(2)15(18)12-7-5-4-6-11(12)14(21)16-10-13(19)20/h4-9H,3,10H2,1-2H3,(H-,16,19,20,21)/p+1. The number of amides is 1. The number of benzene rings is 1. The van der Waals surface area contributed by atoms with E-state index in [1.165, 1.54) is 0 Å². The van der Waals surface area contributed by atoms with Gasteiger partial charge in [-0.05, 0) is 19.1 Å². The van der Waals surface area contributed by atoms with Gasteiger partial charge in [-0.3, -0.25) is 9.59 Å². The number of imidazole rings is 1. The summed E-state index contributed by atoms with van der Waals surface area (Å²) in [5, 5.41) is 11.1. The molecule has 1 aromatic heterocycles. The summed E-state index contributed by atoms with van der Waals surface area (Å²) in [6.45, 7) is 2.41. The average molecular weight is 288 g/mol. The maximum atomic E-state index is 12.2. The van der Waals surface area contributed by atoms with Gasteiger partial charge in [-0.2, -0.15) is 0 Å². The summed E-state index contributed by atoms with van der Waals surface area (Å²) in [6.07, 6.45) is 3.87. The minimum atomic E-state index is -1.07. The third kappa shape index (κ3) is 3.10. The Labute approximate surface area is 122 Å². The first-order valence-electron chi connectivity index (χ1n) is 6.68. The second-order valence-corrected chi connectivity index (χ2v) is 4.64.